The summed E-state index contributed by atoms with van der Waals surface area (Å²) in [5.74, 6) is 4.12. The molecule has 0 aromatic carbocycles. The maximum atomic E-state index is 12.4. The van der Waals surface area contributed by atoms with E-state index in [-0.39, 0.29) is 13.2 Å². The maximum absolute atomic E-state index is 12.4. The van der Waals surface area contributed by atoms with Crippen molar-refractivity contribution >= 4 is 15.6 Å². The molecule has 0 heterocycles. The highest BCUT2D eigenvalue weighted by atomic mass is 31.2. The van der Waals surface area contributed by atoms with Gasteiger partial charge in [-0.25, -0.2) is 9.13 Å². The standard InChI is InChI=1S/C37H78O11P2/c1-9-31(4)15-11-20-34(7)22-24-44-28-37(29-48-50(42,43)47-27-36(38)26-46-49(39,40)41)45-25-23-35(8)21-13-19-33(6)18-12-17-32(5)16-10-14-30(2)3/h30-38H,9-29H2,1-8H3,(H,42,43)(H2,39,40,41)/t31-,32+,33-,34+,35+,36+,37-/m1/s1. The van der Waals surface area contributed by atoms with Gasteiger partial charge in [0.1, 0.15) is 12.2 Å². The summed E-state index contributed by atoms with van der Waals surface area (Å²) in [6.45, 7) is 17.8. The van der Waals surface area contributed by atoms with Crippen molar-refractivity contribution in [2.24, 2.45) is 35.5 Å². The van der Waals surface area contributed by atoms with Gasteiger partial charge in [0.15, 0.2) is 0 Å². The molecular formula is C37H78O11P2. The van der Waals surface area contributed by atoms with Gasteiger partial charge in [-0.05, 0) is 48.3 Å². The second-order valence-corrected chi connectivity index (χ2v) is 18.4. The normalized spacial score (nSPS) is 18.0. The summed E-state index contributed by atoms with van der Waals surface area (Å²) in [6.07, 6.45) is 15.9. The molecule has 0 aliphatic rings. The Morgan fingerprint density at radius 2 is 0.940 bits per heavy atom. The highest BCUT2D eigenvalue weighted by Crippen LogP contribution is 2.43. The zero-order valence-electron chi connectivity index (χ0n) is 33.0. The van der Waals surface area contributed by atoms with Gasteiger partial charge in [0.2, 0.25) is 0 Å². The first-order valence-corrected chi connectivity index (χ1v) is 22.6. The summed E-state index contributed by atoms with van der Waals surface area (Å²) < 4.78 is 49.4. The van der Waals surface area contributed by atoms with Crippen molar-refractivity contribution in [1.29, 1.82) is 0 Å². The molecule has 8 atom stereocenters. The average molecular weight is 761 g/mol. The fraction of sp³-hybridized carbons (Fsp3) is 1.00. The van der Waals surface area contributed by atoms with E-state index < -0.39 is 41.1 Å². The first-order valence-electron chi connectivity index (χ1n) is 19.6. The quantitative estimate of drug-likeness (QED) is 0.0360. The number of ether oxygens (including phenoxy) is 2. The monoisotopic (exact) mass is 761 g/mol. The molecule has 0 aromatic heterocycles. The lowest BCUT2D eigenvalue weighted by Crippen LogP contribution is -2.27. The second-order valence-electron chi connectivity index (χ2n) is 15.7. The van der Waals surface area contributed by atoms with Gasteiger partial charge in [-0.1, -0.05) is 139 Å². The Bertz CT molecular complexity index is 887. The van der Waals surface area contributed by atoms with Crippen LogP contribution in [0.2, 0.25) is 0 Å². The Hall–Kier alpha value is 0.1000. The van der Waals surface area contributed by atoms with Gasteiger partial charge in [-0.15, -0.1) is 0 Å². The van der Waals surface area contributed by atoms with Crippen LogP contribution in [0.15, 0.2) is 0 Å². The first-order chi connectivity index (χ1) is 23.4. The fourth-order valence-corrected chi connectivity index (χ4v) is 6.96. The lowest BCUT2D eigenvalue weighted by molar-refractivity contribution is -0.0492. The molecule has 0 spiro atoms. The van der Waals surface area contributed by atoms with Crippen molar-refractivity contribution in [1.82, 2.24) is 0 Å². The van der Waals surface area contributed by atoms with E-state index >= 15 is 0 Å². The lowest BCUT2D eigenvalue weighted by atomic mass is 9.91. The molecule has 0 radical (unpaired) electrons. The molecule has 0 rings (SSSR count). The number of aliphatic hydroxyl groups excluding tert-OH is 1. The van der Waals surface area contributed by atoms with Crippen LogP contribution >= 0.6 is 15.6 Å². The van der Waals surface area contributed by atoms with Crippen LogP contribution in [0.25, 0.3) is 0 Å². The molecule has 0 fully saturated rings. The number of hydrogen-bond donors (Lipinski definition) is 4. The smallest absolute Gasteiger partial charge is 0.388 e. The summed E-state index contributed by atoms with van der Waals surface area (Å²) in [5, 5.41) is 9.77. The van der Waals surface area contributed by atoms with Crippen molar-refractivity contribution in [3.63, 3.8) is 0 Å². The molecule has 0 aliphatic heterocycles. The number of phosphoric acid groups is 2. The molecule has 0 saturated heterocycles. The van der Waals surface area contributed by atoms with Crippen LogP contribution in [0.5, 0.6) is 0 Å². The summed E-state index contributed by atoms with van der Waals surface area (Å²) in [4.78, 5) is 27.6. The van der Waals surface area contributed by atoms with Crippen LogP contribution in [-0.4, -0.2) is 71.6 Å². The van der Waals surface area contributed by atoms with Crippen LogP contribution in [0.4, 0.5) is 0 Å². The third-order valence-corrected chi connectivity index (χ3v) is 11.1. The molecule has 11 nitrogen and oxygen atoms in total. The third-order valence-electron chi connectivity index (χ3n) is 9.67. The van der Waals surface area contributed by atoms with Crippen molar-refractivity contribution in [2.45, 2.75) is 164 Å². The summed E-state index contributed by atoms with van der Waals surface area (Å²) in [6, 6.07) is 0. The molecule has 302 valence electrons. The van der Waals surface area contributed by atoms with E-state index in [1.54, 1.807) is 0 Å². The van der Waals surface area contributed by atoms with Gasteiger partial charge in [0, 0.05) is 13.2 Å². The van der Waals surface area contributed by atoms with Crippen molar-refractivity contribution < 1.29 is 52.0 Å². The Kier molecular flexibility index (Phi) is 29.5. The topological polar surface area (TPSA) is 161 Å². The van der Waals surface area contributed by atoms with Crippen LogP contribution in [-0.2, 0) is 32.2 Å². The predicted molar refractivity (Wildman–Crippen MR) is 202 cm³/mol. The molecule has 4 N–H and O–H groups in total. The Balaban J connectivity index is 4.64. The Morgan fingerprint density at radius 3 is 1.42 bits per heavy atom. The van der Waals surface area contributed by atoms with Gasteiger partial charge >= 0.3 is 15.6 Å². The summed E-state index contributed by atoms with van der Waals surface area (Å²) in [5.41, 5.74) is 0. The largest absolute Gasteiger partial charge is 0.472 e. The molecule has 50 heavy (non-hydrogen) atoms. The van der Waals surface area contributed by atoms with Gasteiger partial charge in [0.25, 0.3) is 0 Å². The Morgan fingerprint density at radius 1 is 0.520 bits per heavy atom. The highest BCUT2D eigenvalue weighted by molar-refractivity contribution is 7.47. The molecular weight excluding hydrogens is 682 g/mol. The molecule has 0 bridgehead atoms. The zero-order chi connectivity index (χ0) is 38.0. The SMILES string of the molecule is CC[C@@H](C)CCC[C@H](C)CCOC[C@H](COP(=O)(O)OC[C@@H](O)COP(=O)(O)O)OCC[C@@H](C)CCC[C@H](C)CCC[C@@H](C)CCCC(C)C. The first kappa shape index (κ1) is 50.1. The van der Waals surface area contributed by atoms with Crippen molar-refractivity contribution in [3.05, 3.63) is 0 Å². The number of phosphoric ester groups is 2. The molecule has 0 aliphatic carbocycles. The summed E-state index contributed by atoms with van der Waals surface area (Å²) in [7, 11) is -9.38. The minimum atomic E-state index is -4.79. The van der Waals surface area contributed by atoms with E-state index in [0.29, 0.717) is 25.0 Å². The van der Waals surface area contributed by atoms with Gasteiger partial charge in [-0.2, -0.15) is 0 Å². The number of hydrogen-bond acceptors (Lipinski definition) is 8. The molecule has 0 aromatic rings. The average Bonchev–Trinajstić information content (AvgIpc) is 3.02. The highest BCUT2D eigenvalue weighted by Gasteiger charge is 2.26. The molecule has 0 amide bonds. The van der Waals surface area contributed by atoms with E-state index in [9.17, 15) is 19.1 Å². The van der Waals surface area contributed by atoms with Gasteiger partial charge in [-0.3, -0.25) is 13.6 Å². The van der Waals surface area contributed by atoms with E-state index in [4.69, 9.17) is 28.3 Å². The summed E-state index contributed by atoms with van der Waals surface area (Å²) >= 11 is 0. The predicted octanol–water partition coefficient (Wildman–Crippen LogP) is 9.70. The minimum Gasteiger partial charge on any atom is -0.388 e. The van der Waals surface area contributed by atoms with E-state index in [1.165, 1.54) is 70.6 Å². The van der Waals surface area contributed by atoms with Crippen LogP contribution < -0.4 is 0 Å². The third kappa shape index (κ3) is 32.7. The minimum absolute atomic E-state index is 0.195. The lowest BCUT2D eigenvalue weighted by Gasteiger charge is -2.22. The van der Waals surface area contributed by atoms with E-state index in [0.717, 1.165) is 49.4 Å². The molecule has 13 heteroatoms. The van der Waals surface area contributed by atoms with Crippen molar-refractivity contribution in [3.8, 4) is 0 Å². The van der Waals surface area contributed by atoms with Crippen LogP contribution in [0, 0.1) is 35.5 Å². The fourth-order valence-electron chi connectivity index (χ4n) is 5.81. The Labute approximate surface area is 306 Å². The second kappa shape index (κ2) is 29.5. The molecule has 1 unspecified atom stereocenters. The number of aliphatic hydroxyl groups is 1. The van der Waals surface area contributed by atoms with Gasteiger partial charge < -0.3 is 29.3 Å². The number of rotatable bonds is 35. The van der Waals surface area contributed by atoms with Crippen LogP contribution in [0.3, 0.4) is 0 Å². The maximum Gasteiger partial charge on any atom is 0.472 e. The van der Waals surface area contributed by atoms with Gasteiger partial charge in [0.05, 0.1) is 26.4 Å². The van der Waals surface area contributed by atoms with E-state index in [2.05, 4.69) is 59.9 Å². The molecule has 0 saturated carbocycles. The van der Waals surface area contributed by atoms with Crippen LogP contribution in [0.1, 0.15) is 152 Å². The zero-order valence-corrected chi connectivity index (χ0v) is 34.8. The van der Waals surface area contributed by atoms with Crippen molar-refractivity contribution in [2.75, 3.05) is 39.6 Å². The van der Waals surface area contributed by atoms with E-state index in [1.807, 2.05) is 0 Å².